The fourth-order valence-electron chi connectivity index (χ4n) is 4.26. The summed E-state index contributed by atoms with van der Waals surface area (Å²) in [6.45, 7) is 6.60. The van der Waals surface area contributed by atoms with Crippen LogP contribution in [0.3, 0.4) is 0 Å². The van der Waals surface area contributed by atoms with Gasteiger partial charge in [-0.05, 0) is 24.3 Å². The second kappa shape index (κ2) is 8.27. The average Bonchev–Trinajstić information content (AvgIpc) is 3.28. The fraction of sp³-hybridized carbons (Fsp3) is 0.500. The quantitative estimate of drug-likeness (QED) is 0.866. The lowest BCUT2D eigenvalue weighted by Crippen LogP contribution is -2.37. The summed E-state index contributed by atoms with van der Waals surface area (Å²) in [7, 11) is 1.81. The lowest BCUT2D eigenvalue weighted by atomic mass is 9.98. The lowest BCUT2D eigenvalue weighted by molar-refractivity contribution is 0.0783. The number of aromatic nitrogens is 2. The van der Waals surface area contributed by atoms with Gasteiger partial charge in [0.2, 0.25) is 5.95 Å². The Morgan fingerprint density at radius 3 is 2.61 bits per heavy atom. The fourth-order valence-corrected chi connectivity index (χ4v) is 4.26. The minimum atomic E-state index is 0.0607. The molecule has 1 aromatic carbocycles. The van der Waals surface area contributed by atoms with Gasteiger partial charge in [-0.3, -0.25) is 9.69 Å². The molecule has 4 rings (SSSR count). The normalized spacial score (nSPS) is 18.0. The van der Waals surface area contributed by atoms with Crippen LogP contribution >= 0.6 is 0 Å². The summed E-state index contributed by atoms with van der Waals surface area (Å²) < 4.78 is 0. The van der Waals surface area contributed by atoms with E-state index >= 15 is 0 Å². The smallest absolute Gasteiger partial charge is 0.273 e. The zero-order valence-electron chi connectivity index (χ0n) is 16.8. The van der Waals surface area contributed by atoms with E-state index in [1.807, 2.05) is 11.9 Å². The number of amides is 1. The highest BCUT2D eigenvalue weighted by Crippen LogP contribution is 2.26. The molecule has 1 saturated heterocycles. The molecule has 1 unspecified atom stereocenters. The Hall–Kier alpha value is -2.47. The Balaban J connectivity index is 1.57. The van der Waals surface area contributed by atoms with E-state index in [4.69, 9.17) is 0 Å². The minimum Gasteiger partial charge on any atom is -0.357 e. The Bertz CT molecular complexity index is 832. The third kappa shape index (κ3) is 3.87. The average molecular weight is 380 g/mol. The number of hydrogen-bond donors (Lipinski definition) is 1. The van der Waals surface area contributed by atoms with Gasteiger partial charge >= 0.3 is 0 Å². The largest absolute Gasteiger partial charge is 0.357 e. The summed E-state index contributed by atoms with van der Waals surface area (Å²) in [6.07, 6.45) is 3.02. The molecule has 0 bridgehead atoms. The molecule has 0 aliphatic carbocycles. The molecule has 0 spiro atoms. The summed E-state index contributed by atoms with van der Waals surface area (Å²) in [5.74, 6) is 1.05. The van der Waals surface area contributed by atoms with E-state index in [1.54, 1.807) is 0 Å². The van der Waals surface area contributed by atoms with Crippen molar-refractivity contribution in [2.45, 2.75) is 38.6 Å². The van der Waals surface area contributed by atoms with Crippen LogP contribution in [-0.2, 0) is 13.0 Å². The molecule has 1 atom stereocenters. The molecule has 2 aromatic rings. The third-order valence-corrected chi connectivity index (χ3v) is 5.86. The number of nitrogens with zero attached hydrogens (tertiary/aromatic N) is 4. The van der Waals surface area contributed by atoms with Crippen LogP contribution in [0.5, 0.6) is 0 Å². The highest BCUT2D eigenvalue weighted by atomic mass is 16.2. The minimum absolute atomic E-state index is 0.0607. The first-order valence-corrected chi connectivity index (χ1v) is 10.3. The van der Waals surface area contributed by atoms with Gasteiger partial charge in [-0.1, -0.05) is 37.3 Å². The maximum absolute atomic E-state index is 13.1. The number of fused-ring (bicyclic) bond motifs is 1. The van der Waals surface area contributed by atoms with Crippen LogP contribution in [0.1, 0.15) is 53.0 Å². The molecule has 1 amide bonds. The van der Waals surface area contributed by atoms with Crippen molar-refractivity contribution >= 4 is 11.9 Å². The number of benzene rings is 1. The summed E-state index contributed by atoms with van der Waals surface area (Å²) >= 11 is 0. The number of anilines is 1. The number of likely N-dealkylation sites (tertiary alicyclic amines) is 1. The van der Waals surface area contributed by atoms with Gasteiger partial charge in [0.25, 0.3) is 5.91 Å². The second-order valence-electron chi connectivity index (χ2n) is 7.87. The van der Waals surface area contributed by atoms with Gasteiger partial charge < -0.3 is 10.2 Å². The van der Waals surface area contributed by atoms with Crippen molar-refractivity contribution in [1.82, 2.24) is 19.8 Å². The van der Waals surface area contributed by atoms with Gasteiger partial charge in [0, 0.05) is 51.8 Å². The van der Waals surface area contributed by atoms with Crippen LogP contribution in [0.25, 0.3) is 0 Å². The zero-order chi connectivity index (χ0) is 19.5. The third-order valence-electron chi connectivity index (χ3n) is 5.86. The van der Waals surface area contributed by atoms with Crippen LogP contribution in [-0.4, -0.2) is 58.9 Å². The topological polar surface area (TPSA) is 61.4 Å². The number of rotatable bonds is 5. The van der Waals surface area contributed by atoms with E-state index in [1.165, 1.54) is 5.56 Å². The molecule has 0 radical (unpaired) electrons. The molecule has 3 heterocycles. The van der Waals surface area contributed by atoms with Crippen molar-refractivity contribution in [2.24, 2.45) is 0 Å². The molecule has 1 N–H and O–H groups in total. The molecule has 1 fully saturated rings. The first kappa shape index (κ1) is 18.9. The number of carbonyl (C=O) groups is 1. The van der Waals surface area contributed by atoms with Crippen LogP contribution in [0.4, 0.5) is 5.95 Å². The Labute approximate surface area is 167 Å². The van der Waals surface area contributed by atoms with E-state index in [2.05, 4.69) is 57.4 Å². The molecule has 148 valence electrons. The molecule has 2 aliphatic rings. The van der Waals surface area contributed by atoms with Crippen LogP contribution < -0.4 is 5.32 Å². The SMILES string of the molecule is CNc1nc2c(c(C(=O)N3CCCC3)n1)CN(CC(C)c1ccccc1)CC2. The molecule has 6 heteroatoms. The number of carbonyl (C=O) groups excluding carboxylic acids is 1. The van der Waals surface area contributed by atoms with Crippen LogP contribution in [0, 0.1) is 0 Å². The summed E-state index contributed by atoms with van der Waals surface area (Å²) in [5.41, 5.74) is 3.98. The van der Waals surface area contributed by atoms with E-state index in [0.29, 0.717) is 17.6 Å². The van der Waals surface area contributed by atoms with Crippen molar-refractivity contribution < 1.29 is 4.79 Å². The van der Waals surface area contributed by atoms with Crippen molar-refractivity contribution in [1.29, 1.82) is 0 Å². The van der Waals surface area contributed by atoms with Crippen molar-refractivity contribution in [3.8, 4) is 0 Å². The van der Waals surface area contributed by atoms with Gasteiger partial charge in [0.1, 0.15) is 5.69 Å². The standard InChI is InChI=1S/C22H29N5O/c1-16(17-8-4-3-5-9-17)14-26-13-10-19-18(15-26)20(25-22(23-2)24-19)21(28)27-11-6-7-12-27/h3-5,8-9,16H,6-7,10-15H2,1-2H3,(H,23,24,25). The summed E-state index contributed by atoms with van der Waals surface area (Å²) in [4.78, 5) is 26.7. The first-order valence-electron chi connectivity index (χ1n) is 10.3. The molecule has 2 aliphatic heterocycles. The lowest BCUT2D eigenvalue weighted by Gasteiger charge is -2.32. The van der Waals surface area contributed by atoms with Gasteiger partial charge in [0.05, 0.1) is 5.69 Å². The van der Waals surface area contributed by atoms with Crippen LogP contribution in [0.2, 0.25) is 0 Å². The van der Waals surface area contributed by atoms with Gasteiger partial charge in [-0.15, -0.1) is 0 Å². The monoisotopic (exact) mass is 379 g/mol. The van der Waals surface area contributed by atoms with Crippen molar-refractivity contribution in [3.05, 3.63) is 52.8 Å². The van der Waals surface area contributed by atoms with Gasteiger partial charge in [-0.25, -0.2) is 9.97 Å². The Kier molecular flexibility index (Phi) is 5.57. The second-order valence-corrected chi connectivity index (χ2v) is 7.87. The maximum atomic E-state index is 13.1. The summed E-state index contributed by atoms with van der Waals surface area (Å²) in [6, 6.07) is 10.6. The van der Waals surface area contributed by atoms with Gasteiger partial charge in [0.15, 0.2) is 0 Å². The summed E-state index contributed by atoms with van der Waals surface area (Å²) in [5, 5.41) is 3.02. The maximum Gasteiger partial charge on any atom is 0.273 e. The van der Waals surface area contributed by atoms with Crippen molar-refractivity contribution in [3.63, 3.8) is 0 Å². The van der Waals surface area contributed by atoms with E-state index in [0.717, 1.165) is 63.2 Å². The highest BCUT2D eigenvalue weighted by Gasteiger charge is 2.29. The van der Waals surface area contributed by atoms with Gasteiger partial charge in [-0.2, -0.15) is 0 Å². The predicted octanol–water partition coefficient (Wildman–Crippen LogP) is 2.92. The molecule has 1 aromatic heterocycles. The Morgan fingerprint density at radius 1 is 1.14 bits per heavy atom. The number of nitrogens with one attached hydrogen (secondary N) is 1. The van der Waals surface area contributed by atoms with E-state index in [9.17, 15) is 4.79 Å². The van der Waals surface area contributed by atoms with Crippen LogP contribution in [0.15, 0.2) is 30.3 Å². The molecule has 28 heavy (non-hydrogen) atoms. The molecule has 0 saturated carbocycles. The highest BCUT2D eigenvalue weighted by molar-refractivity contribution is 5.94. The van der Waals surface area contributed by atoms with E-state index < -0.39 is 0 Å². The van der Waals surface area contributed by atoms with E-state index in [-0.39, 0.29) is 5.91 Å². The predicted molar refractivity (Wildman–Crippen MR) is 111 cm³/mol. The van der Waals surface area contributed by atoms with Crippen molar-refractivity contribution in [2.75, 3.05) is 38.5 Å². The molecule has 6 nitrogen and oxygen atoms in total. The molecular weight excluding hydrogens is 350 g/mol. The zero-order valence-corrected chi connectivity index (χ0v) is 16.8. The number of hydrogen-bond acceptors (Lipinski definition) is 5. The molecular formula is C22H29N5O. The Morgan fingerprint density at radius 2 is 1.89 bits per heavy atom. The first-order chi connectivity index (χ1) is 13.7.